The summed E-state index contributed by atoms with van der Waals surface area (Å²) >= 11 is 0. The van der Waals surface area contributed by atoms with Gasteiger partial charge < -0.3 is 10.1 Å². The summed E-state index contributed by atoms with van der Waals surface area (Å²) in [4.78, 5) is 7.69. The van der Waals surface area contributed by atoms with Gasteiger partial charge in [-0.25, -0.2) is 4.98 Å². The molecule has 19 heavy (non-hydrogen) atoms. The zero-order valence-corrected chi connectivity index (χ0v) is 11.0. The number of aromatic nitrogens is 2. The van der Waals surface area contributed by atoms with E-state index in [1.54, 1.807) is 0 Å². The van der Waals surface area contributed by atoms with Gasteiger partial charge in [0, 0.05) is 0 Å². The van der Waals surface area contributed by atoms with Crippen molar-refractivity contribution in [3.05, 3.63) is 65.0 Å². The molecule has 1 heterocycles. The van der Waals surface area contributed by atoms with Crippen molar-refractivity contribution in [2.24, 2.45) is 0 Å². The van der Waals surface area contributed by atoms with Gasteiger partial charge in [-0.15, -0.1) is 0 Å². The van der Waals surface area contributed by atoms with Gasteiger partial charge in [0.2, 0.25) is 0 Å². The number of aliphatic hydroxyl groups excluding tert-OH is 1. The summed E-state index contributed by atoms with van der Waals surface area (Å²) in [7, 11) is 0. The maximum atomic E-state index is 10.3. The van der Waals surface area contributed by atoms with Crippen molar-refractivity contribution < 1.29 is 5.11 Å². The van der Waals surface area contributed by atoms with Crippen LogP contribution in [0.5, 0.6) is 0 Å². The lowest BCUT2D eigenvalue weighted by Gasteiger charge is -2.06. The fourth-order valence-corrected chi connectivity index (χ4v) is 2.21. The van der Waals surface area contributed by atoms with Gasteiger partial charge in [0.1, 0.15) is 11.9 Å². The second-order valence-electron chi connectivity index (χ2n) is 4.89. The van der Waals surface area contributed by atoms with Gasteiger partial charge >= 0.3 is 0 Å². The van der Waals surface area contributed by atoms with Crippen LogP contribution in [0.2, 0.25) is 0 Å². The Hall–Kier alpha value is -2.13. The molecule has 1 unspecified atom stereocenters. The molecular weight excluding hydrogens is 236 g/mol. The van der Waals surface area contributed by atoms with Crippen LogP contribution in [0.25, 0.3) is 11.0 Å². The molecule has 0 amide bonds. The Labute approximate surface area is 111 Å². The molecule has 3 heteroatoms. The molecule has 3 nitrogen and oxygen atoms in total. The maximum absolute atomic E-state index is 10.3. The van der Waals surface area contributed by atoms with E-state index in [1.807, 2.05) is 36.4 Å². The molecular formula is C16H16N2O. The molecule has 2 aromatic carbocycles. The first-order valence-corrected chi connectivity index (χ1v) is 6.35. The molecule has 0 aliphatic carbocycles. The molecule has 0 radical (unpaired) electrons. The lowest BCUT2D eigenvalue weighted by atomic mass is 10.1. The first kappa shape index (κ1) is 11.9. The minimum Gasteiger partial charge on any atom is -0.380 e. The molecule has 3 aromatic rings. The number of nitrogens with one attached hydrogen (secondary N) is 1. The number of fused-ring (bicyclic) bond motifs is 1. The van der Waals surface area contributed by atoms with Crippen LogP contribution in [0, 0.1) is 13.8 Å². The van der Waals surface area contributed by atoms with Crippen molar-refractivity contribution in [3.8, 4) is 0 Å². The zero-order chi connectivity index (χ0) is 13.4. The summed E-state index contributed by atoms with van der Waals surface area (Å²) in [6, 6.07) is 13.7. The Morgan fingerprint density at radius 1 is 1.05 bits per heavy atom. The highest BCUT2D eigenvalue weighted by Gasteiger charge is 2.14. The zero-order valence-electron chi connectivity index (χ0n) is 11.0. The smallest absolute Gasteiger partial charge is 0.140 e. The van der Waals surface area contributed by atoms with E-state index in [0.29, 0.717) is 5.82 Å². The summed E-state index contributed by atoms with van der Waals surface area (Å²) in [5.41, 5.74) is 5.13. The number of hydrogen-bond donors (Lipinski definition) is 2. The van der Waals surface area contributed by atoms with Crippen molar-refractivity contribution in [2.45, 2.75) is 20.0 Å². The third-order valence-corrected chi connectivity index (χ3v) is 3.49. The molecule has 0 saturated heterocycles. The van der Waals surface area contributed by atoms with E-state index in [4.69, 9.17) is 0 Å². The molecule has 0 bridgehead atoms. The summed E-state index contributed by atoms with van der Waals surface area (Å²) in [5.74, 6) is 0.589. The van der Waals surface area contributed by atoms with Crippen LogP contribution in [-0.4, -0.2) is 15.1 Å². The lowest BCUT2D eigenvalue weighted by Crippen LogP contribution is -2.01. The highest BCUT2D eigenvalue weighted by molar-refractivity contribution is 5.77. The highest BCUT2D eigenvalue weighted by atomic mass is 16.3. The van der Waals surface area contributed by atoms with Crippen LogP contribution in [-0.2, 0) is 0 Å². The highest BCUT2D eigenvalue weighted by Crippen LogP contribution is 2.23. The lowest BCUT2D eigenvalue weighted by molar-refractivity contribution is 0.211. The molecule has 0 aliphatic heterocycles. The Morgan fingerprint density at radius 3 is 2.47 bits per heavy atom. The van der Waals surface area contributed by atoms with Crippen LogP contribution in [0.1, 0.15) is 28.6 Å². The number of hydrogen-bond acceptors (Lipinski definition) is 2. The molecule has 0 fully saturated rings. The number of aryl methyl sites for hydroxylation is 2. The molecule has 0 saturated carbocycles. The van der Waals surface area contributed by atoms with E-state index in [2.05, 4.69) is 29.9 Å². The standard InChI is InChI=1S/C16H16N2O/c1-10-8-13-14(9-11(10)2)18-16(17-13)15(19)12-6-4-3-5-7-12/h3-9,15,19H,1-2H3,(H,17,18). The number of imidazole rings is 1. The number of rotatable bonds is 2. The Balaban J connectivity index is 2.06. The van der Waals surface area contributed by atoms with Crippen LogP contribution < -0.4 is 0 Å². The largest absolute Gasteiger partial charge is 0.380 e. The van der Waals surface area contributed by atoms with Crippen molar-refractivity contribution in [3.63, 3.8) is 0 Å². The first-order chi connectivity index (χ1) is 9.15. The molecule has 1 atom stereocenters. The summed E-state index contributed by atoms with van der Waals surface area (Å²) in [5, 5.41) is 10.3. The van der Waals surface area contributed by atoms with E-state index in [-0.39, 0.29) is 0 Å². The van der Waals surface area contributed by atoms with Gasteiger partial charge in [-0.1, -0.05) is 30.3 Å². The molecule has 2 N–H and O–H groups in total. The van der Waals surface area contributed by atoms with Gasteiger partial charge in [-0.05, 0) is 42.7 Å². The first-order valence-electron chi connectivity index (χ1n) is 6.35. The van der Waals surface area contributed by atoms with Gasteiger partial charge in [0.15, 0.2) is 0 Å². The topological polar surface area (TPSA) is 48.9 Å². The van der Waals surface area contributed by atoms with E-state index < -0.39 is 6.10 Å². The van der Waals surface area contributed by atoms with Crippen LogP contribution in [0.3, 0.4) is 0 Å². The fourth-order valence-electron chi connectivity index (χ4n) is 2.21. The summed E-state index contributed by atoms with van der Waals surface area (Å²) in [6.45, 7) is 4.14. The SMILES string of the molecule is Cc1cc2nc(C(O)c3ccccc3)[nH]c2cc1C. The fraction of sp³-hybridized carbons (Fsp3) is 0.188. The normalized spacial score (nSPS) is 12.8. The molecule has 1 aromatic heterocycles. The average Bonchev–Trinajstić information content (AvgIpc) is 2.82. The third kappa shape index (κ3) is 2.13. The minimum absolute atomic E-state index is 0.589. The minimum atomic E-state index is -0.714. The summed E-state index contributed by atoms with van der Waals surface area (Å²) < 4.78 is 0. The van der Waals surface area contributed by atoms with Gasteiger partial charge in [0.25, 0.3) is 0 Å². The number of H-pyrrole nitrogens is 1. The quantitative estimate of drug-likeness (QED) is 0.735. The van der Waals surface area contributed by atoms with Crippen molar-refractivity contribution in [2.75, 3.05) is 0 Å². The van der Waals surface area contributed by atoms with Gasteiger partial charge in [-0.2, -0.15) is 0 Å². The second-order valence-corrected chi connectivity index (χ2v) is 4.89. The van der Waals surface area contributed by atoms with E-state index in [0.717, 1.165) is 16.6 Å². The van der Waals surface area contributed by atoms with E-state index in [1.165, 1.54) is 11.1 Å². The van der Waals surface area contributed by atoms with E-state index in [9.17, 15) is 5.11 Å². The van der Waals surface area contributed by atoms with Gasteiger partial charge in [-0.3, -0.25) is 0 Å². The predicted octanol–water partition coefficient (Wildman–Crippen LogP) is 3.26. The van der Waals surface area contributed by atoms with Crippen molar-refractivity contribution in [1.29, 1.82) is 0 Å². The van der Waals surface area contributed by atoms with Crippen molar-refractivity contribution >= 4 is 11.0 Å². The molecule has 3 rings (SSSR count). The van der Waals surface area contributed by atoms with Crippen LogP contribution in [0.15, 0.2) is 42.5 Å². The van der Waals surface area contributed by atoms with Gasteiger partial charge in [0.05, 0.1) is 11.0 Å². The second kappa shape index (κ2) is 4.52. The molecule has 96 valence electrons. The molecule has 0 spiro atoms. The average molecular weight is 252 g/mol. The number of nitrogens with zero attached hydrogens (tertiary/aromatic N) is 1. The summed E-state index contributed by atoms with van der Waals surface area (Å²) in [6.07, 6.45) is -0.714. The van der Waals surface area contributed by atoms with Crippen LogP contribution >= 0.6 is 0 Å². The van der Waals surface area contributed by atoms with Crippen molar-refractivity contribution in [1.82, 2.24) is 9.97 Å². The number of benzene rings is 2. The number of aliphatic hydroxyl groups is 1. The van der Waals surface area contributed by atoms with E-state index >= 15 is 0 Å². The third-order valence-electron chi connectivity index (χ3n) is 3.49. The Bertz CT molecular complexity index is 677. The Kier molecular flexibility index (Phi) is 2.84. The monoisotopic (exact) mass is 252 g/mol. The molecule has 0 aliphatic rings. The predicted molar refractivity (Wildman–Crippen MR) is 76.1 cm³/mol. The maximum Gasteiger partial charge on any atom is 0.140 e. The Morgan fingerprint density at radius 2 is 1.74 bits per heavy atom. The van der Waals surface area contributed by atoms with Crippen LogP contribution in [0.4, 0.5) is 0 Å². The number of aromatic amines is 1.